The molecule has 0 unspecified atom stereocenters. The van der Waals surface area contributed by atoms with E-state index >= 15 is 0 Å². The van der Waals surface area contributed by atoms with Gasteiger partial charge in [0.1, 0.15) is 11.6 Å². The highest BCUT2D eigenvalue weighted by Crippen LogP contribution is 2.24. The molecule has 0 bridgehead atoms. The molecule has 0 aromatic carbocycles. The average molecular weight is 323 g/mol. The van der Waals surface area contributed by atoms with Crippen LogP contribution in [0.1, 0.15) is 36.0 Å². The first kappa shape index (κ1) is 16.6. The number of furan rings is 1. The Labute approximate surface area is 133 Å². The van der Waals surface area contributed by atoms with Gasteiger partial charge in [0.25, 0.3) is 5.91 Å². The molecule has 2 aromatic rings. The number of hydrogen-bond acceptors (Lipinski definition) is 6. The summed E-state index contributed by atoms with van der Waals surface area (Å²) in [6.07, 6.45) is 0. The van der Waals surface area contributed by atoms with Gasteiger partial charge >= 0.3 is 0 Å². The van der Waals surface area contributed by atoms with Crippen molar-refractivity contribution in [1.29, 1.82) is 0 Å². The highest BCUT2D eigenvalue weighted by molar-refractivity contribution is 7.98. The van der Waals surface area contributed by atoms with E-state index in [4.69, 9.17) is 10.2 Å². The maximum Gasteiger partial charge on any atom is 0.286 e. The van der Waals surface area contributed by atoms with Crippen LogP contribution >= 0.6 is 11.8 Å². The Morgan fingerprint density at radius 1 is 1.45 bits per heavy atom. The summed E-state index contributed by atoms with van der Waals surface area (Å²) >= 11 is 1.52. The molecule has 7 nitrogen and oxygen atoms in total. The van der Waals surface area contributed by atoms with E-state index in [2.05, 4.69) is 29.4 Å². The molecule has 0 aliphatic carbocycles. The van der Waals surface area contributed by atoms with Crippen LogP contribution in [0.4, 0.5) is 0 Å². The van der Waals surface area contributed by atoms with Gasteiger partial charge < -0.3 is 20.0 Å². The molecular formula is C14H21N5O2S. The second-order valence-corrected chi connectivity index (χ2v) is 6.18. The number of nitrogens with zero attached hydrogens (tertiary/aromatic N) is 3. The maximum absolute atomic E-state index is 11.5. The molecule has 22 heavy (non-hydrogen) atoms. The summed E-state index contributed by atoms with van der Waals surface area (Å²) < 4.78 is 7.54. The lowest BCUT2D eigenvalue weighted by Crippen LogP contribution is -2.16. The van der Waals surface area contributed by atoms with Crippen LogP contribution in [0.5, 0.6) is 0 Å². The summed E-state index contributed by atoms with van der Waals surface area (Å²) in [6.45, 7) is 5.46. The zero-order valence-corrected chi connectivity index (χ0v) is 13.8. The molecular weight excluding hydrogens is 302 g/mol. The van der Waals surface area contributed by atoms with Crippen LogP contribution in [0.15, 0.2) is 21.7 Å². The minimum atomic E-state index is -0.232. The summed E-state index contributed by atoms with van der Waals surface area (Å²) in [7, 11) is 1.57. The van der Waals surface area contributed by atoms with Gasteiger partial charge in [0.05, 0.1) is 12.3 Å². The Morgan fingerprint density at radius 2 is 2.23 bits per heavy atom. The molecule has 0 aliphatic rings. The van der Waals surface area contributed by atoms with Gasteiger partial charge in [-0.3, -0.25) is 4.79 Å². The fourth-order valence-corrected chi connectivity index (χ4v) is 2.82. The number of thioether (sulfide) groups is 1. The van der Waals surface area contributed by atoms with Crippen molar-refractivity contribution < 1.29 is 9.21 Å². The molecule has 0 saturated heterocycles. The van der Waals surface area contributed by atoms with Crippen molar-refractivity contribution in [3.8, 4) is 0 Å². The first-order valence-corrected chi connectivity index (χ1v) is 8.09. The van der Waals surface area contributed by atoms with Gasteiger partial charge in [0, 0.05) is 13.6 Å². The van der Waals surface area contributed by atoms with E-state index in [1.54, 1.807) is 19.2 Å². The number of carbonyl (C=O) groups excluding carboxylic acids is 1. The van der Waals surface area contributed by atoms with Gasteiger partial charge in [0.2, 0.25) is 0 Å². The van der Waals surface area contributed by atoms with Crippen molar-refractivity contribution >= 4 is 17.7 Å². The van der Waals surface area contributed by atoms with Crippen LogP contribution in [0, 0.1) is 5.92 Å². The monoisotopic (exact) mass is 323 g/mol. The van der Waals surface area contributed by atoms with E-state index in [0.29, 0.717) is 24.0 Å². The predicted octanol–water partition coefficient (Wildman–Crippen LogP) is 1.64. The van der Waals surface area contributed by atoms with Crippen LogP contribution in [-0.2, 0) is 18.8 Å². The molecule has 0 fully saturated rings. The summed E-state index contributed by atoms with van der Waals surface area (Å²) in [5.74, 6) is 2.63. The van der Waals surface area contributed by atoms with Crippen molar-refractivity contribution in [3.05, 3.63) is 29.5 Å². The molecule has 2 rings (SSSR count). The number of nitrogens with one attached hydrogen (secondary N) is 1. The Balaban J connectivity index is 2.06. The van der Waals surface area contributed by atoms with E-state index in [0.717, 1.165) is 23.3 Å². The van der Waals surface area contributed by atoms with E-state index in [1.807, 2.05) is 4.57 Å². The van der Waals surface area contributed by atoms with Gasteiger partial charge in [-0.15, -0.1) is 10.2 Å². The summed E-state index contributed by atoms with van der Waals surface area (Å²) in [6, 6.07) is 3.46. The molecule has 3 N–H and O–H groups in total. The van der Waals surface area contributed by atoms with E-state index in [1.165, 1.54) is 11.8 Å². The molecule has 0 atom stereocenters. The predicted molar refractivity (Wildman–Crippen MR) is 84.4 cm³/mol. The quantitative estimate of drug-likeness (QED) is 0.752. The minimum absolute atomic E-state index is 0.232. The third-order valence-corrected chi connectivity index (χ3v) is 3.97. The smallest absolute Gasteiger partial charge is 0.286 e. The van der Waals surface area contributed by atoms with Crippen LogP contribution < -0.4 is 11.1 Å². The fourth-order valence-electron chi connectivity index (χ4n) is 1.96. The Kier molecular flexibility index (Phi) is 5.62. The lowest BCUT2D eigenvalue weighted by Gasteiger charge is -2.11. The number of carbonyl (C=O) groups is 1. The van der Waals surface area contributed by atoms with Crippen LogP contribution in [-0.4, -0.2) is 27.7 Å². The molecule has 0 aliphatic heterocycles. The third kappa shape index (κ3) is 3.89. The fraction of sp³-hybridized carbons (Fsp3) is 0.500. The molecule has 1 amide bonds. The van der Waals surface area contributed by atoms with Crippen molar-refractivity contribution in [2.75, 3.05) is 7.05 Å². The highest BCUT2D eigenvalue weighted by Gasteiger charge is 2.14. The highest BCUT2D eigenvalue weighted by atomic mass is 32.2. The van der Waals surface area contributed by atoms with Crippen molar-refractivity contribution in [1.82, 2.24) is 20.1 Å². The first-order chi connectivity index (χ1) is 10.5. The minimum Gasteiger partial charge on any atom is -0.455 e. The molecule has 2 heterocycles. The molecule has 8 heteroatoms. The van der Waals surface area contributed by atoms with Crippen molar-refractivity contribution in [2.24, 2.45) is 11.7 Å². The van der Waals surface area contributed by atoms with Crippen molar-refractivity contribution in [2.45, 2.75) is 37.8 Å². The van der Waals surface area contributed by atoms with Gasteiger partial charge in [-0.1, -0.05) is 25.6 Å². The van der Waals surface area contributed by atoms with Gasteiger partial charge in [-0.05, 0) is 18.1 Å². The average Bonchev–Trinajstić information content (AvgIpc) is 3.10. The number of hydrogen-bond donors (Lipinski definition) is 2. The second kappa shape index (κ2) is 7.46. The molecule has 0 radical (unpaired) electrons. The number of aromatic nitrogens is 3. The molecule has 2 aromatic heterocycles. The number of nitrogens with two attached hydrogens (primary N) is 1. The summed E-state index contributed by atoms with van der Waals surface area (Å²) in [5, 5.41) is 11.6. The van der Waals surface area contributed by atoms with Crippen LogP contribution in [0.3, 0.4) is 0 Å². The standard InChI is InChI=1S/C14H21N5O2S/c1-9(2)7-19-12(6-15)17-18-14(19)22-8-10-4-5-11(21-10)13(20)16-3/h4-5,9H,6-8,15H2,1-3H3,(H,16,20). The molecule has 0 spiro atoms. The van der Waals surface area contributed by atoms with Gasteiger partial charge in [-0.25, -0.2) is 0 Å². The largest absolute Gasteiger partial charge is 0.455 e. The van der Waals surface area contributed by atoms with Crippen LogP contribution in [0.2, 0.25) is 0 Å². The maximum atomic E-state index is 11.5. The normalized spacial score (nSPS) is 11.1. The van der Waals surface area contributed by atoms with Crippen LogP contribution in [0.25, 0.3) is 0 Å². The lowest BCUT2D eigenvalue weighted by atomic mass is 10.2. The number of amides is 1. The van der Waals surface area contributed by atoms with Gasteiger partial charge in [0.15, 0.2) is 10.9 Å². The zero-order chi connectivity index (χ0) is 16.1. The van der Waals surface area contributed by atoms with Gasteiger partial charge in [-0.2, -0.15) is 0 Å². The Bertz CT molecular complexity index is 635. The van der Waals surface area contributed by atoms with E-state index in [-0.39, 0.29) is 5.91 Å². The second-order valence-electron chi connectivity index (χ2n) is 5.24. The van der Waals surface area contributed by atoms with Crippen molar-refractivity contribution in [3.63, 3.8) is 0 Å². The van der Waals surface area contributed by atoms with E-state index < -0.39 is 0 Å². The first-order valence-electron chi connectivity index (χ1n) is 7.10. The Morgan fingerprint density at radius 3 is 2.86 bits per heavy atom. The lowest BCUT2D eigenvalue weighted by molar-refractivity contribution is 0.0934. The molecule has 120 valence electrons. The zero-order valence-electron chi connectivity index (χ0n) is 13.0. The molecule has 0 saturated carbocycles. The third-order valence-electron chi connectivity index (χ3n) is 2.98. The van der Waals surface area contributed by atoms with E-state index in [9.17, 15) is 4.79 Å². The Hall–Kier alpha value is -1.80. The SMILES string of the molecule is CNC(=O)c1ccc(CSc2nnc(CN)n2CC(C)C)o1. The number of rotatable bonds is 7. The summed E-state index contributed by atoms with van der Waals surface area (Å²) in [4.78, 5) is 11.5. The topological polar surface area (TPSA) is 99.0 Å². The summed E-state index contributed by atoms with van der Waals surface area (Å²) in [5.41, 5.74) is 5.70.